The number of ether oxygens (including phenoxy) is 2. The van der Waals surface area contributed by atoms with Gasteiger partial charge in [0.2, 0.25) is 0 Å². The van der Waals surface area contributed by atoms with Crippen molar-refractivity contribution in [3.8, 4) is 23.3 Å². The fourth-order valence-electron chi connectivity index (χ4n) is 2.46. The Labute approximate surface area is 141 Å². The van der Waals surface area contributed by atoms with Gasteiger partial charge >= 0.3 is 12.3 Å². The van der Waals surface area contributed by atoms with E-state index in [-0.39, 0.29) is 11.3 Å². The molecule has 0 saturated heterocycles. The van der Waals surface area contributed by atoms with E-state index in [0.717, 1.165) is 18.2 Å². The lowest BCUT2D eigenvalue weighted by atomic mass is 10.0. The molecule has 4 nitrogen and oxygen atoms in total. The molecule has 1 aliphatic heterocycles. The minimum Gasteiger partial charge on any atom is -0.453 e. The number of alkyl halides is 5. The summed E-state index contributed by atoms with van der Waals surface area (Å²) in [6.45, 7) is 0. The van der Waals surface area contributed by atoms with Crippen molar-refractivity contribution in [1.82, 2.24) is 0 Å². The van der Waals surface area contributed by atoms with Gasteiger partial charge in [0.15, 0.2) is 17.6 Å². The molecule has 0 saturated carbocycles. The summed E-state index contributed by atoms with van der Waals surface area (Å²) < 4.78 is 89.0. The van der Waals surface area contributed by atoms with Gasteiger partial charge in [-0.25, -0.2) is 4.39 Å². The number of hydrogen-bond donors (Lipinski definition) is 1. The van der Waals surface area contributed by atoms with Crippen molar-refractivity contribution >= 4 is 0 Å². The van der Waals surface area contributed by atoms with Crippen LogP contribution in [0.5, 0.6) is 17.2 Å². The Morgan fingerprint density at radius 1 is 1.19 bits per heavy atom. The average Bonchev–Trinajstić information content (AvgIpc) is 2.77. The van der Waals surface area contributed by atoms with Crippen molar-refractivity contribution in [3.63, 3.8) is 0 Å². The second-order valence-corrected chi connectivity index (χ2v) is 5.31. The molecule has 0 bridgehead atoms. The Kier molecular flexibility index (Phi) is 3.99. The average molecular weight is 375 g/mol. The van der Waals surface area contributed by atoms with E-state index in [0.29, 0.717) is 12.1 Å². The maximum atomic E-state index is 13.6. The number of nitriles is 1. The number of halogens is 6. The number of nitrogens with zero attached hydrogens (tertiary/aromatic N) is 1. The number of hydrogen-bond acceptors (Lipinski definition) is 4. The van der Waals surface area contributed by atoms with Gasteiger partial charge in [0, 0.05) is 11.6 Å². The van der Waals surface area contributed by atoms with Gasteiger partial charge in [0.05, 0.1) is 17.2 Å². The smallest absolute Gasteiger partial charge is 0.429 e. The second kappa shape index (κ2) is 5.81. The minimum absolute atomic E-state index is 0.158. The van der Waals surface area contributed by atoms with Crippen LogP contribution in [0.15, 0.2) is 30.3 Å². The lowest BCUT2D eigenvalue weighted by Gasteiger charge is -2.15. The van der Waals surface area contributed by atoms with Crippen LogP contribution < -0.4 is 9.47 Å². The van der Waals surface area contributed by atoms with E-state index in [2.05, 4.69) is 4.74 Å². The van der Waals surface area contributed by atoms with Gasteiger partial charge in [-0.1, -0.05) is 0 Å². The number of benzene rings is 2. The van der Waals surface area contributed by atoms with Crippen LogP contribution in [0.25, 0.3) is 0 Å². The van der Waals surface area contributed by atoms with Gasteiger partial charge in [-0.05, 0) is 24.3 Å². The Morgan fingerprint density at radius 2 is 1.88 bits per heavy atom. The molecule has 26 heavy (non-hydrogen) atoms. The standard InChI is InChI=1S/C16H7F6NO3/c17-8-3-7(6-23)4-9(5-8)25-11-2-1-10(15(18,19)20)12-13(11)26-16(21,22)14(12)24/h1-5,14,24H/t14-/m0/s1. The molecule has 0 aliphatic carbocycles. The van der Waals surface area contributed by atoms with Crippen LogP contribution in [-0.2, 0) is 6.18 Å². The van der Waals surface area contributed by atoms with Crippen LogP contribution in [0.4, 0.5) is 26.3 Å². The maximum absolute atomic E-state index is 13.6. The zero-order valence-electron chi connectivity index (χ0n) is 12.4. The molecule has 2 aromatic carbocycles. The molecule has 0 unspecified atom stereocenters. The van der Waals surface area contributed by atoms with Crippen molar-refractivity contribution in [2.75, 3.05) is 0 Å². The molecule has 3 rings (SSSR count). The molecule has 10 heteroatoms. The van der Waals surface area contributed by atoms with Crippen LogP contribution in [0, 0.1) is 17.1 Å². The largest absolute Gasteiger partial charge is 0.453 e. The first-order chi connectivity index (χ1) is 12.0. The molecule has 0 spiro atoms. The molecule has 0 fully saturated rings. The SMILES string of the molecule is N#Cc1cc(F)cc(Oc2ccc(C(F)(F)F)c3c2OC(F)(F)[C@H]3O)c1. The fourth-order valence-corrected chi connectivity index (χ4v) is 2.46. The number of aliphatic hydroxyl groups excluding tert-OH is 1. The van der Waals surface area contributed by atoms with Gasteiger partial charge in [-0.3, -0.25) is 0 Å². The normalized spacial score (nSPS) is 18.0. The topological polar surface area (TPSA) is 62.5 Å². The van der Waals surface area contributed by atoms with Gasteiger partial charge in [-0.15, -0.1) is 0 Å². The van der Waals surface area contributed by atoms with Crippen molar-refractivity contribution in [2.45, 2.75) is 18.4 Å². The molecule has 136 valence electrons. The first-order valence-corrected chi connectivity index (χ1v) is 6.90. The third-order valence-corrected chi connectivity index (χ3v) is 3.52. The lowest BCUT2D eigenvalue weighted by molar-refractivity contribution is -0.225. The van der Waals surface area contributed by atoms with E-state index in [1.54, 1.807) is 6.07 Å². The molecule has 1 heterocycles. The summed E-state index contributed by atoms with van der Waals surface area (Å²) in [5.41, 5.74) is -2.85. The molecule has 0 radical (unpaired) electrons. The molecule has 1 atom stereocenters. The van der Waals surface area contributed by atoms with Gasteiger partial charge in [-0.2, -0.15) is 27.2 Å². The van der Waals surface area contributed by atoms with E-state index >= 15 is 0 Å². The summed E-state index contributed by atoms with van der Waals surface area (Å²) in [5.74, 6) is -2.82. The van der Waals surface area contributed by atoms with Gasteiger partial charge < -0.3 is 14.6 Å². The fraction of sp³-hybridized carbons (Fsp3) is 0.188. The molecule has 1 N–H and O–H groups in total. The zero-order chi connectivity index (χ0) is 19.3. The van der Waals surface area contributed by atoms with E-state index < -0.39 is 46.8 Å². The first kappa shape index (κ1) is 17.9. The molecule has 2 aromatic rings. The highest BCUT2D eigenvalue weighted by atomic mass is 19.4. The third-order valence-electron chi connectivity index (χ3n) is 3.52. The maximum Gasteiger partial charge on any atom is 0.429 e. The Morgan fingerprint density at radius 3 is 2.50 bits per heavy atom. The van der Waals surface area contributed by atoms with Crippen LogP contribution in [-0.4, -0.2) is 11.2 Å². The number of fused-ring (bicyclic) bond motifs is 1. The molecule has 1 aliphatic rings. The number of aliphatic hydroxyl groups is 1. The van der Waals surface area contributed by atoms with Crippen LogP contribution in [0.2, 0.25) is 0 Å². The van der Waals surface area contributed by atoms with E-state index in [1.165, 1.54) is 0 Å². The summed E-state index contributed by atoms with van der Waals surface area (Å²) in [6.07, 6.45) is -12.2. The summed E-state index contributed by atoms with van der Waals surface area (Å²) in [4.78, 5) is 0. The lowest BCUT2D eigenvalue weighted by Crippen LogP contribution is -2.27. The van der Waals surface area contributed by atoms with E-state index in [9.17, 15) is 31.4 Å². The highest BCUT2D eigenvalue weighted by Crippen LogP contribution is 2.54. The van der Waals surface area contributed by atoms with Gasteiger partial charge in [0.25, 0.3) is 0 Å². The Hall–Kier alpha value is -2.93. The molecular weight excluding hydrogens is 368 g/mol. The number of rotatable bonds is 2. The quantitative estimate of drug-likeness (QED) is 0.784. The summed E-state index contributed by atoms with van der Waals surface area (Å²) in [6, 6.07) is 5.50. The van der Waals surface area contributed by atoms with Crippen molar-refractivity contribution in [3.05, 3.63) is 52.8 Å². The monoisotopic (exact) mass is 375 g/mol. The summed E-state index contributed by atoms with van der Waals surface area (Å²) >= 11 is 0. The molecular formula is C16H7F6NO3. The minimum atomic E-state index is -5.03. The van der Waals surface area contributed by atoms with Crippen LogP contribution in [0.3, 0.4) is 0 Å². The zero-order valence-corrected chi connectivity index (χ0v) is 12.4. The van der Waals surface area contributed by atoms with Crippen molar-refractivity contribution < 1.29 is 40.9 Å². The molecule has 0 amide bonds. The third kappa shape index (κ3) is 3.01. The predicted molar refractivity (Wildman–Crippen MR) is 73.2 cm³/mol. The Bertz CT molecular complexity index is 919. The van der Waals surface area contributed by atoms with Crippen LogP contribution >= 0.6 is 0 Å². The van der Waals surface area contributed by atoms with Crippen LogP contribution in [0.1, 0.15) is 22.8 Å². The second-order valence-electron chi connectivity index (χ2n) is 5.31. The van der Waals surface area contributed by atoms with Crippen molar-refractivity contribution in [1.29, 1.82) is 5.26 Å². The summed E-state index contributed by atoms with van der Waals surface area (Å²) in [7, 11) is 0. The highest BCUT2D eigenvalue weighted by molar-refractivity contribution is 5.57. The van der Waals surface area contributed by atoms with E-state index in [1.807, 2.05) is 0 Å². The summed E-state index contributed by atoms with van der Waals surface area (Å²) in [5, 5.41) is 18.3. The van der Waals surface area contributed by atoms with E-state index in [4.69, 9.17) is 10.00 Å². The highest BCUT2D eigenvalue weighted by Gasteiger charge is 2.55. The Balaban J connectivity index is 2.12. The van der Waals surface area contributed by atoms with Crippen molar-refractivity contribution in [2.24, 2.45) is 0 Å². The predicted octanol–water partition coefficient (Wildman–Crippen LogP) is 4.53. The first-order valence-electron chi connectivity index (χ1n) is 6.90. The van der Waals surface area contributed by atoms with Gasteiger partial charge in [0.1, 0.15) is 11.6 Å². The molecule has 0 aromatic heterocycles.